The molecule has 2 aliphatic rings. The average molecular weight is 415 g/mol. The van der Waals surface area contributed by atoms with Gasteiger partial charge in [0.05, 0.1) is 19.4 Å². The SMILES string of the molecule is COCCN1C(=O)c2cc(-c3ccco3)nn2CC1(C)C(=O)NC1CCCCCC1. The van der Waals surface area contributed by atoms with Gasteiger partial charge in [-0.25, -0.2) is 0 Å². The topological polar surface area (TPSA) is 89.6 Å². The molecule has 0 radical (unpaired) electrons. The summed E-state index contributed by atoms with van der Waals surface area (Å²) in [5.41, 5.74) is 0.00202. The van der Waals surface area contributed by atoms with Gasteiger partial charge >= 0.3 is 0 Å². The Morgan fingerprint density at radius 2 is 2.10 bits per heavy atom. The van der Waals surface area contributed by atoms with Crippen LogP contribution >= 0.6 is 0 Å². The monoisotopic (exact) mass is 414 g/mol. The van der Waals surface area contributed by atoms with Crippen LogP contribution < -0.4 is 5.32 Å². The van der Waals surface area contributed by atoms with Gasteiger partial charge in [-0.1, -0.05) is 25.7 Å². The van der Waals surface area contributed by atoms with Crippen molar-refractivity contribution >= 4 is 11.8 Å². The number of nitrogens with zero attached hydrogens (tertiary/aromatic N) is 3. The Labute approximate surface area is 176 Å². The van der Waals surface area contributed by atoms with E-state index < -0.39 is 5.54 Å². The van der Waals surface area contributed by atoms with Crippen molar-refractivity contribution in [3.8, 4) is 11.5 Å². The van der Waals surface area contributed by atoms with E-state index in [4.69, 9.17) is 9.15 Å². The third kappa shape index (κ3) is 3.88. The van der Waals surface area contributed by atoms with Gasteiger partial charge in [-0.3, -0.25) is 14.3 Å². The van der Waals surface area contributed by atoms with E-state index in [2.05, 4.69) is 10.4 Å². The summed E-state index contributed by atoms with van der Waals surface area (Å²) in [6.07, 6.45) is 8.24. The Morgan fingerprint density at radius 1 is 1.33 bits per heavy atom. The molecule has 1 saturated carbocycles. The number of ether oxygens (including phenoxy) is 1. The van der Waals surface area contributed by atoms with Crippen LogP contribution in [0.5, 0.6) is 0 Å². The maximum Gasteiger partial charge on any atom is 0.273 e. The molecule has 0 saturated heterocycles. The van der Waals surface area contributed by atoms with Crippen LogP contribution in [0.3, 0.4) is 0 Å². The van der Waals surface area contributed by atoms with Crippen LogP contribution in [-0.2, 0) is 16.1 Å². The normalized spacial score (nSPS) is 22.6. The number of carbonyl (C=O) groups excluding carboxylic acids is 2. The van der Waals surface area contributed by atoms with Gasteiger partial charge in [0, 0.05) is 25.8 Å². The molecule has 0 spiro atoms. The van der Waals surface area contributed by atoms with Crippen molar-refractivity contribution in [2.45, 2.75) is 63.6 Å². The Bertz CT molecular complexity index is 883. The Balaban J connectivity index is 1.63. The second-order valence-electron chi connectivity index (χ2n) is 8.44. The van der Waals surface area contributed by atoms with Crippen LogP contribution in [0, 0.1) is 0 Å². The molecule has 2 amide bonds. The predicted octanol–water partition coefficient (Wildman–Crippen LogP) is 2.84. The standard InChI is InChI=1S/C22H30N4O4/c1-22(21(28)23-16-8-5-3-4-6-9-16)15-26-18(20(27)25(22)11-13-29-2)14-17(24-26)19-10-7-12-30-19/h7,10,12,14,16H,3-6,8-9,11,13,15H2,1-2H3,(H,23,28). The zero-order valence-electron chi connectivity index (χ0n) is 17.7. The van der Waals surface area contributed by atoms with E-state index in [1.807, 2.05) is 6.92 Å². The van der Waals surface area contributed by atoms with Crippen LogP contribution in [0.1, 0.15) is 55.9 Å². The summed E-state index contributed by atoms with van der Waals surface area (Å²) in [6.45, 7) is 2.81. The summed E-state index contributed by atoms with van der Waals surface area (Å²) in [6, 6.07) is 5.47. The van der Waals surface area contributed by atoms with Gasteiger partial charge in [0.1, 0.15) is 16.9 Å². The number of methoxy groups -OCH3 is 1. The van der Waals surface area contributed by atoms with Crippen molar-refractivity contribution in [1.29, 1.82) is 0 Å². The summed E-state index contributed by atoms with van der Waals surface area (Å²) in [5, 5.41) is 7.79. The summed E-state index contributed by atoms with van der Waals surface area (Å²) in [7, 11) is 1.59. The highest BCUT2D eigenvalue weighted by Gasteiger charge is 2.48. The number of amides is 2. The van der Waals surface area contributed by atoms with E-state index in [1.54, 1.807) is 41.2 Å². The summed E-state index contributed by atoms with van der Waals surface area (Å²) < 4.78 is 12.3. The maximum atomic E-state index is 13.5. The predicted molar refractivity (Wildman–Crippen MR) is 111 cm³/mol. The molecule has 1 aliphatic carbocycles. The summed E-state index contributed by atoms with van der Waals surface area (Å²) in [4.78, 5) is 28.5. The van der Waals surface area contributed by atoms with Crippen molar-refractivity contribution in [2.24, 2.45) is 0 Å². The molecule has 8 nitrogen and oxygen atoms in total. The zero-order chi connectivity index (χ0) is 21.1. The molecule has 1 atom stereocenters. The molecular weight excluding hydrogens is 384 g/mol. The van der Waals surface area contributed by atoms with E-state index >= 15 is 0 Å². The van der Waals surface area contributed by atoms with E-state index in [1.165, 1.54) is 12.8 Å². The molecule has 162 valence electrons. The van der Waals surface area contributed by atoms with Crippen LogP contribution in [0.15, 0.2) is 28.9 Å². The first-order valence-electron chi connectivity index (χ1n) is 10.8. The molecule has 1 aliphatic heterocycles. The van der Waals surface area contributed by atoms with Gasteiger partial charge in [-0.15, -0.1) is 0 Å². The molecular formula is C22H30N4O4. The Kier molecular flexibility index (Phi) is 5.94. The first-order chi connectivity index (χ1) is 14.5. The number of furan rings is 1. The van der Waals surface area contributed by atoms with Crippen molar-refractivity contribution in [3.05, 3.63) is 30.2 Å². The van der Waals surface area contributed by atoms with Gasteiger partial charge in [-0.05, 0) is 31.9 Å². The lowest BCUT2D eigenvalue weighted by atomic mass is 9.94. The van der Waals surface area contributed by atoms with Gasteiger partial charge in [0.25, 0.3) is 5.91 Å². The van der Waals surface area contributed by atoms with E-state index in [0.717, 1.165) is 25.7 Å². The Morgan fingerprint density at radius 3 is 2.77 bits per heavy atom. The Hall–Kier alpha value is -2.61. The minimum Gasteiger partial charge on any atom is -0.463 e. The minimum atomic E-state index is -1.04. The molecule has 1 fully saturated rings. The fourth-order valence-electron chi connectivity index (χ4n) is 4.48. The van der Waals surface area contributed by atoms with Gasteiger partial charge < -0.3 is 19.4 Å². The van der Waals surface area contributed by atoms with E-state index in [-0.39, 0.29) is 24.4 Å². The van der Waals surface area contributed by atoms with Gasteiger partial charge in [0.2, 0.25) is 5.91 Å². The van der Waals surface area contributed by atoms with Crippen LogP contribution in [0.25, 0.3) is 11.5 Å². The first kappa shape index (κ1) is 20.7. The molecule has 1 unspecified atom stereocenters. The second kappa shape index (κ2) is 8.63. The number of carbonyl (C=O) groups is 2. The first-order valence-corrected chi connectivity index (χ1v) is 10.8. The molecule has 2 aromatic heterocycles. The third-order valence-corrected chi connectivity index (χ3v) is 6.27. The second-order valence-corrected chi connectivity index (χ2v) is 8.44. The number of hydrogen-bond donors (Lipinski definition) is 1. The molecule has 8 heteroatoms. The van der Waals surface area contributed by atoms with Gasteiger partial charge in [-0.2, -0.15) is 5.10 Å². The molecule has 2 aromatic rings. The lowest BCUT2D eigenvalue weighted by Gasteiger charge is -2.43. The number of rotatable bonds is 6. The number of aromatic nitrogens is 2. The molecule has 4 rings (SSSR count). The smallest absolute Gasteiger partial charge is 0.273 e. The maximum absolute atomic E-state index is 13.5. The summed E-state index contributed by atoms with van der Waals surface area (Å²) in [5.74, 6) is 0.249. The largest absolute Gasteiger partial charge is 0.463 e. The van der Waals surface area contributed by atoms with Crippen molar-refractivity contribution in [1.82, 2.24) is 20.0 Å². The highest BCUT2D eigenvalue weighted by atomic mass is 16.5. The van der Waals surface area contributed by atoms with Crippen LogP contribution in [0.4, 0.5) is 0 Å². The molecule has 1 N–H and O–H groups in total. The van der Waals surface area contributed by atoms with Crippen LogP contribution in [-0.4, -0.2) is 58.3 Å². The van der Waals surface area contributed by atoms with Crippen molar-refractivity contribution in [2.75, 3.05) is 20.3 Å². The zero-order valence-corrected chi connectivity index (χ0v) is 17.7. The molecule has 30 heavy (non-hydrogen) atoms. The fourth-order valence-corrected chi connectivity index (χ4v) is 4.48. The average Bonchev–Trinajstić information content (AvgIpc) is 3.33. The highest BCUT2D eigenvalue weighted by molar-refractivity contribution is 6.00. The van der Waals surface area contributed by atoms with Crippen molar-refractivity contribution in [3.63, 3.8) is 0 Å². The highest BCUT2D eigenvalue weighted by Crippen LogP contribution is 2.30. The molecule has 3 heterocycles. The van der Waals surface area contributed by atoms with Crippen LogP contribution in [0.2, 0.25) is 0 Å². The van der Waals surface area contributed by atoms with E-state index in [9.17, 15) is 9.59 Å². The third-order valence-electron chi connectivity index (χ3n) is 6.27. The molecule has 0 aromatic carbocycles. The summed E-state index contributed by atoms with van der Waals surface area (Å²) >= 11 is 0. The number of fused-ring (bicyclic) bond motifs is 1. The lowest BCUT2D eigenvalue weighted by Crippen LogP contribution is -2.65. The minimum absolute atomic E-state index is 0.125. The van der Waals surface area contributed by atoms with Gasteiger partial charge in [0.15, 0.2) is 5.76 Å². The fraction of sp³-hybridized carbons (Fsp3) is 0.591. The number of nitrogens with one attached hydrogen (secondary N) is 1. The molecule has 0 bridgehead atoms. The lowest BCUT2D eigenvalue weighted by molar-refractivity contribution is -0.134. The number of hydrogen-bond acceptors (Lipinski definition) is 5. The quantitative estimate of drug-likeness (QED) is 0.734. The van der Waals surface area contributed by atoms with E-state index in [0.29, 0.717) is 30.3 Å². The van der Waals surface area contributed by atoms with Crippen molar-refractivity contribution < 1.29 is 18.7 Å².